The van der Waals surface area contributed by atoms with Crippen LogP contribution in [0.3, 0.4) is 0 Å². The summed E-state index contributed by atoms with van der Waals surface area (Å²) in [6, 6.07) is 0. The number of rotatable bonds is 3. The van der Waals surface area contributed by atoms with E-state index < -0.39 is 0 Å². The molecule has 0 aromatic carbocycles. The van der Waals surface area contributed by atoms with E-state index in [1.54, 1.807) is 11.8 Å². The topological polar surface area (TPSA) is 46.3 Å². The van der Waals surface area contributed by atoms with Crippen molar-refractivity contribution in [3.8, 4) is 0 Å². The van der Waals surface area contributed by atoms with Crippen LogP contribution in [0.2, 0.25) is 0 Å². The molecule has 3 nitrogen and oxygen atoms in total. The third-order valence-corrected chi connectivity index (χ3v) is 4.92. The first-order valence-electron chi connectivity index (χ1n) is 6.31. The smallest absolute Gasteiger partial charge is 0.149 e. The lowest BCUT2D eigenvalue weighted by atomic mass is 9.81. The third-order valence-electron chi connectivity index (χ3n) is 3.86. The zero-order chi connectivity index (χ0) is 11.5. The number of hydrogen-bond donors (Lipinski definition) is 1. The number of ketones is 1. The second-order valence-electron chi connectivity index (χ2n) is 5.15. The van der Waals surface area contributed by atoms with Gasteiger partial charge >= 0.3 is 0 Å². The first-order chi connectivity index (χ1) is 7.66. The Morgan fingerprint density at radius 2 is 2.06 bits per heavy atom. The van der Waals surface area contributed by atoms with Crippen molar-refractivity contribution in [2.45, 2.75) is 38.1 Å². The Bertz CT molecular complexity index is 251. The van der Waals surface area contributed by atoms with Crippen molar-refractivity contribution in [1.82, 2.24) is 4.90 Å². The lowest BCUT2D eigenvalue weighted by molar-refractivity contribution is -0.125. The Morgan fingerprint density at radius 3 is 2.62 bits per heavy atom. The zero-order valence-electron chi connectivity index (χ0n) is 10.0. The van der Waals surface area contributed by atoms with Crippen LogP contribution in [0.25, 0.3) is 0 Å². The highest BCUT2D eigenvalue weighted by atomic mass is 32.2. The van der Waals surface area contributed by atoms with Crippen molar-refractivity contribution in [3.05, 3.63) is 0 Å². The highest BCUT2D eigenvalue weighted by molar-refractivity contribution is 8.00. The largest absolute Gasteiger partial charge is 0.307 e. The molecule has 1 saturated heterocycles. The number of thioether (sulfide) groups is 1. The van der Waals surface area contributed by atoms with Crippen LogP contribution >= 0.6 is 11.8 Å². The van der Waals surface area contributed by atoms with E-state index in [0.717, 1.165) is 31.1 Å². The maximum Gasteiger partial charge on any atom is 0.149 e. The average molecular weight is 242 g/mol. The fourth-order valence-corrected chi connectivity index (χ4v) is 3.58. The van der Waals surface area contributed by atoms with E-state index in [0.29, 0.717) is 18.2 Å². The lowest BCUT2D eigenvalue weighted by Gasteiger charge is -2.27. The molecule has 2 fully saturated rings. The van der Waals surface area contributed by atoms with Crippen LogP contribution in [0.5, 0.6) is 0 Å². The Kier molecular flexibility index (Phi) is 4.27. The van der Waals surface area contributed by atoms with Gasteiger partial charge in [-0.1, -0.05) is 19.8 Å². The summed E-state index contributed by atoms with van der Waals surface area (Å²) in [7, 11) is 0. The number of Topliss-reactive ketones (excluding diaryl/α,β-unsaturated/α-hetero) is 1. The van der Waals surface area contributed by atoms with Gasteiger partial charge in [-0.2, -0.15) is 0 Å². The molecule has 2 N–H and O–H groups in total. The number of hydrogen-bond acceptors (Lipinski definition) is 4. The van der Waals surface area contributed by atoms with Gasteiger partial charge in [-0.15, -0.1) is 11.8 Å². The summed E-state index contributed by atoms with van der Waals surface area (Å²) >= 11 is 1.75. The molecule has 1 heterocycles. The summed E-state index contributed by atoms with van der Waals surface area (Å²) in [4.78, 5) is 14.2. The van der Waals surface area contributed by atoms with E-state index in [2.05, 4.69) is 11.8 Å². The van der Waals surface area contributed by atoms with Gasteiger partial charge in [-0.05, 0) is 18.8 Å². The molecule has 1 aliphatic heterocycles. The lowest BCUT2D eigenvalue weighted by Crippen LogP contribution is -2.40. The number of nitrogens with two attached hydrogens (primary N) is 1. The third kappa shape index (κ3) is 2.99. The summed E-state index contributed by atoms with van der Waals surface area (Å²) in [6.45, 7) is 3.83. The molecule has 4 heteroatoms. The highest BCUT2D eigenvalue weighted by Gasteiger charge is 2.29. The van der Waals surface area contributed by atoms with Crippen LogP contribution in [-0.2, 0) is 4.79 Å². The molecule has 2 rings (SSSR count). The molecule has 0 amide bonds. The van der Waals surface area contributed by atoms with Crippen molar-refractivity contribution < 1.29 is 4.79 Å². The van der Waals surface area contributed by atoms with E-state index >= 15 is 0 Å². The van der Waals surface area contributed by atoms with Gasteiger partial charge in [0.1, 0.15) is 11.3 Å². The van der Waals surface area contributed by atoms with Crippen LogP contribution < -0.4 is 5.73 Å². The van der Waals surface area contributed by atoms with Crippen LogP contribution in [0, 0.1) is 11.8 Å². The maximum absolute atomic E-state index is 12.1. The maximum atomic E-state index is 12.1. The number of nitrogens with zero attached hydrogens (tertiary/aromatic N) is 1. The van der Waals surface area contributed by atoms with E-state index in [9.17, 15) is 4.79 Å². The standard InChI is InChI=1S/C12H22N2OS/c1-9-2-4-10(5-3-9)11(15)8-14-6-7-16-12(14)13/h9-10,12H,2-8,13H2,1H3. The van der Waals surface area contributed by atoms with Gasteiger partial charge in [0.25, 0.3) is 0 Å². The molecular formula is C12H22N2OS. The fourth-order valence-electron chi connectivity index (χ4n) is 2.60. The normalized spacial score (nSPS) is 36.5. The zero-order valence-corrected chi connectivity index (χ0v) is 10.8. The molecule has 1 unspecified atom stereocenters. The van der Waals surface area contributed by atoms with Gasteiger partial charge in [-0.3, -0.25) is 9.69 Å². The second kappa shape index (κ2) is 5.52. The summed E-state index contributed by atoms with van der Waals surface area (Å²) in [6.07, 6.45) is 4.63. The predicted octanol–water partition coefficient (Wildman–Crippen LogP) is 1.67. The van der Waals surface area contributed by atoms with E-state index in [1.165, 1.54) is 12.8 Å². The molecule has 0 aromatic rings. The van der Waals surface area contributed by atoms with Crippen LogP contribution in [0.4, 0.5) is 0 Å². The highest BCUT2D eigenvalue weighted by Crippen LogP contribution is 2.29. The average Bonchev–Trinajstić information content (AvgIpc) is 2.65. The Labute approximate surface area is 102 Å². The first-order valence-corrected chi connectivity index (χ1v) is 7.35. The van der Waals surface area contributed by atoms with Crippen LogP contribution in [0.15, 0.2) is 0 Å². The van der Waals surface area contributed by atoms with Gasteiger partial charge in [-0.25, -0.2) is 0 Å². The van der Waals surface area contributed by atoms with E-state index in [1.807, 2.05) is 0 Å². The fraction of sp³-hybridized carbons (Fsp3) is 0.917. The minimum Gasteiger partial charge on any atom is -0.307 e. The van der Waals surface area contributed by atoms with Gasteiger partial charge < -0.3 is 5.73 Å². The van der Waals surface area contributed by atoms with Gasteiger partial charge in [0.2, 0.25) is 0 Å². The Balaban J connectivity index is 1.79. The van der Waals surface area contributed by atoms with Crippen molar-refractivity contribution in [2.24, 2.45) is 17.6 Å². The molecule has 0 bridgehead atoms. The molecule has 1 aliphatic carbocycles. The minimum absolute atomic E-state index is 0.0477. The minimum atomic E-state index is 0.0477. The van der Waals surface area contributed by atoms with Crippen molar-refractivity contribution in [2.75, 3.05) is 18.8 Å². The molecule has 0 aromatic heterocycles. The van der Waals surface area contributed by atoms with Gasteiger partial charge in [0.05, 0.1) is 6.54 Å². The molecule has 2 aliphatic rings. The molecule has 16 heavy (non-hydrogen) atoms. The molecule has 0 radical (unpaired) electrons. The number of carbonyl (C=O) groups is 1. The molecular weight excluding hydrogens is 220 g/mol. The van der Waals surface area contributed by atoms with Gasteiger partial charge in [0.15, 0.2) is 0 Å². The van der Waals surface area contributed by atoms with E-state index in [-0.39, 0.29) is 5.50 Å². The molecule has 1 saturated carbocycles. The van der Waals surface area contributed by atoms with Crippen molar-refractivity contribution in [1.29, 1.82) is 0 Å². The first kappa shape index (κ1) is 12.4. The monoisotopic (exact) mass is 242 g/mol. The molecule has 92 valence electrons. The van der Waals surface area contributed by atoms with Crippen LogP contribution in [0.1, 0.15) is 32.6 Å². The van der Waals surface area contributed by atoms with E-state index in [4.69, 9.17) is 5.73 Å². The Hall–Kier alpha value is -0.0600. The summed E-state index contributed by atoms with van der Waals surface area (Å²) in [5.41, 5.74) is 5.96. The van der Waals surface area contributed by atoms with Crippen LogP contribution in [-0.4, -0.2) is 35.0 Å². The summed E-state index contributed by atoms with van der Waals surface area (Å²) < 4.78 is 0. The summed E-state index contributed by atoms with van der Waals surface area (Å²) in [5, 5.41) is 0. The summed E-state index contributed by atoms with van der Waals surface area (Å²) in [5.74, 6) is 2.61. The molecule has 1 atom stereocenters. The molecule has 0 spiro atoms. The van der Waals surface area contributed by atoms with Crippen molar-refractivity contribution >= 4 is 17.5 Å². The van der Waals surface area contributed by atoms with Gasteiger partial charge in [0, 0.05) is 18.2 Å². The predicted molar refractivity (Wildman–Crippen MR) is 68.1 cm³/mol. The van der Waals surface area contributed by atoms with Crippen molar-refractivity contribution in [3.63, 3.8) is 0 Å². The Morgan fingerprint density at radius 1 is 1.38 bits per heavy atom. The second-order valence-corrected chi connectivity index (χ2v) is 6.38. The SMILES string of the molecule is CC1CCC(C(=O)CN2CCSC2N)CC1. The quantitative estimate of drug-likeness (QED) is 0.818. The number of carbonyl (C=O) groups excluding carboxylic acids is 1.